The summed E-state index contributed by atoms with van der Waals surface area (Å²) >= 11 is 1.30. The second kappa shape index (κ2) is 10.1. The molecule has 0 aliphatic heterocycles. The molecule has 1 aromatic rings. The van der Waals surface area contributed by atoms with Crippen molar-refractivity contribution in [1.82, 2.24) is 0 Å². The number of hydrogen-bond acceptors (Lipinski definition) is 5. The summed E-state index contributed by atoms with van der Waals surface area (Å²) in [6, 6.07) is 5.88. The van der Waals surface area contributed by atoms with Crippen LogP contribution in [0.4, 0.5) is 0 Å². The molecular weight excluding hydrogens is 398 g/mol. The zero-order chi connectivity index (χ0) is 21.7. The summed E-state index contributed by atoms with van der Waals surface area (Å²) < 4.78 is 0. The van der Waals surface area contributed by atoms with E-state index in [-0.39, 0.29) is 29.3 Å². The number of aliphatic hydroxyl groups is 2. The van der Waals surface area contributed by atoms with Crippen molar-refractivity contribution in [3.8, 4) is 6.07 Å². The van der Waals surface area contributed by atoms with Gasteiger partial charge in [0, 0.05) is 10.8 Å². The largest absolute Gasteiger partial charge is 0.477 e. The number of nitrogens with zero attached hydrogens (tertiary/aromatic N) is 1. The second-order valence-electron chi connectivity index (χ2n) is 8.99. The molecule has 3 rings (SSSR count). The van der Waals surface area contributed by atoms with Crippen LogP contribution in [-0.4, -0.2) is 33.5 Å². The lowest BCUT2D eigenvalue weighted by molar-refractivity contribution is -0.0355. The molecule has 0 amide bonds. The zero-order valence-electron chi connectivity index (χ0n) is 17.7. The number of aromatic carboxylic acids is 1. The van der Waals surface area contributed by atoms with E-state index in [4.69, 9.17) is 5.11 Å². The molecule has 2 fully saturated rings. The minimum Gasteiger partial charge on any atom is -0.477 e. The van der Waals surface area contributed by atoms with Crippen LogP contribution in [0.1, 0.15) is 72.8 Å². The first kappa shape index (κ1) is 23.0. The molecule has 0 saturated heterocycles. The average molecular weight is 432 g/mol. The van der Waals surface area contributed by atoms with Crippen LogP contribution in [0.25, 0.3) is 0 Å². The number of rotatable bonds is 10. The van der Waals surface area contributed by atoms with Gasteiger partial charge in [-0.05, 0) is 74.8 Å². The summed E-state index contributed by atoms with van der Waals surface area (Å²) in [5.74, 6) is -1.01. The topological polar surface area (TPSA) is 102 Å². The van der Waals surface area contributed by atoms with Crippen molar-refractivity contribution in [2.24, 2.45) is 23.2 Å². The first-order valence-electron chi connectivity index (χ1n) is 11.1. The summed E-state index contributed by atoms with van der Waals surface area (Å²) in [6.07, 6.45) is 11.2. The lowest BCUT2D eigenvalue weighted by atomic mass is 9.63. The van der Waals surface area contributed by atoms with Gasteiger partial charge in [0.2, 0.25) is 0 Å². The summed E-state index contributed by atoms with van der Waals surface area (Å²) in [5.41, 5.74) is 0.0722. The third-order valence-electron chi connectivity index (χ3n) is 7.43. The van der Waals surface area contributed by atoms with Crippen molar-refractivity contribution in [3.05, 3.63) is 34.0 Å². The van der Waals surface area contributed by atoms with E-state index in [1.807, 2.05) is 18.2 Å². The molecule has 2 saturated carbocycles. The number of aryl methyl sites for hydroxylation is 1. The Kier molecular flexibility index (Phi) is 7.73. The maximum absolute atomic E-state index is 11.0. The summed E-state index contributed by atoms with van der Waals surface area (Å²) in [4.78, 5) is 12.4. The molecule has 0 bridgehead atoms. The molecule has 1 heterocycles. The highest BCUT2D eigenvalue weighted by molar-refractivity contribution is 7.13. The van der Waals surface area contributed by atoms with Gasteiger partial charge in [-0.15, -0.1) is 11.3 Å². The lowest BCUT2D eigenvalue weighted by Gasteiger charge is -2.45. The Morgan fingerprint density at radius 2 is 2.20 bits per heavy atom. The van der Waals surface area contributed by atoms with Gasteiger partial charge in [-0.25, -0.2) is 4.79 Å². The van der Waals surface area contributed by atoms with Gasteiger partial charge in [0.15, 0.2) is 0 Å². The third kappa shape index (κ3) is 4.96. The minimum atomic E-state index is -0.895. The van der Waals surface area contributed by atoms with Crippen molar-refractivity contribution in [1.29, 1.82) is 5.26 Å². The van der Waals surface area contributed by atoms with Crippen LogP contribution in [0, 0.1) is 34.5 Å². The molecule has 2 aliphatic carbocycles. The zero-order valence-corrected chi connectivity index (χ0v) is 18.5. The van der Waals surface area contributed by atoms with Crippen LogP contribution in [0.3, 0.4) is 0 Å². The Hall–Kier alpha value is -1.68. The minimum absolute atomic E-state index is 0.0567. The quantitative estimate of drug-likeness (QED) is 0.462. The van der Waals surface area contributed by atoms with Crippen molar-refractivity contribution < 1.29 is 20.1 Å². The van der Waals surface area contributed by atoms with Gasteiger partial charge in [-0.3, -0.25) is 0 Å². The first-order valence-corrected chi connectivity index (χ1v) is 12.0. The fraction of sp³-hybridized carbons (Fsp3) is 0.667. The highest BCUT2D eigenvalue weighted by Crippen LogP contribution is 2.48. The Morgan fingerprint density at radius 1 is 1.43 bits per heavy atom. The molecular formula is C24H33NO4S. The van der Waals surface area contributed by atoms with E-state index in [9.17, 15) is 20.3 Å². The van der Waals surface area contributed by atoms with Gasteiger partial charge in [-0.1, -0.05) is 25.5 Å². The first-order chi connectivity index (χ1) is 14.4. The Balaban J connectivity index is 1.56. The molecule has 30 heavy (non-hydrogen) atoms. The predicted octanol–water partition coefficient (Wildman–Crippen LogP) is 4.79. The summed E-state index contributed by atoms with van der Waals surface area (Å²) in [6.45, 7) is 2.15. The van der Waals surface area contributed by atoms with Crippen LogP contribution in [0.5, 0.6) is 0 Å². The second-order valence-corrected chi connectivity index (χ2v) is 10.2. The molecule has 0 radical (unpaired) electrons. The fourth-order valence-corrected chi connectivity index (χ4v) is 6.15. The van der Waals surface area contributed by atoms with Gasteiger partial charge in [0.05, 0.1) is 24.2 Å². The van der Waals surface area contributed by atoms with E-state index >= 15 is 0 Å². The number of aliphatic hydroxyl groups excluding tert-OH is 2. The normalized spacial score (nSPS) is 28.9. The van der Waals surface area contributed by atoms with E-state index in [0.29, 0.717) is 17.7 Å². The maximum Gasteiger partial charge on any atom is 0.345 e. The Bertz CT molecular complexity index is 786. The van der Waals surface area contributed by atoms with Crippen LogP contribution in [0.15, 0.2) is 24.3 Å². The molecule has 3 unspecified atom stereocenters. The standard InChI is InChI=1S/C24H33NO4S/c1-2-24(12-5-13-24)22(27)9-4-8-19-18(16(15-25)14-20(19)26)7-3-6-17-10-11-21(30-17)23(28)29/h4,8,10-11,16,18-20,22,26-27H,2-3,5-7,9,12-14H2,1H3,(H,28,29)/b8-4+/t16?,18-,19?,20+,22?/m0/s1. The summed E-state index contributed by atoms with van der Waals surface area (Å²) in [7, 11) is 0. The number of carboxylic acids is 1. The van der Waals surface area contributed by atoms with Crippen LogP contribution in [0.2, 0.25) is 0 Å². The van der Waals surface area contributed by atoms with E-state index in [2.05, 4.69) is 13.0 Å². The number of thiophene rings is 1. The maximum atomic E-state index is 11.0. The number of nitriles is 1. The molecule has 2 aliphatic rings. The van der Waals surface area contributed by atoms with Gasteiger partial charge < -0.3 is 15.3 Å². The van der Waals surface area contributed by atoms with E-state index < -0.39 is 12.1 Å². The Labute approximate surface area is 183 Å². The molecule has 3 N–H and O–H groups in total. The van der Waals surface area contributed by atoms with Gasteiger partial charge in [0.25, 0.3) is 0 Å². The van der Waals surface area contributed by atoms with Crippen LogP contribution >= 0.6 is 11.3 Å². The van der Waals surface area contributed by atoms with Crippen molar-refractivity contribution in [2.75, 3.05) is 0 Å². The molecule has 5 nitrogen and oxygen atoms in total. The number of carboxylic acid groups (broad SMARTS) is 1. The fourth-order valence-electron chi connectivity index (χ4n) is 5.27. The van der Waals surface area contributed by atoms with E-state index in [0.717, 1.165) is 43.4 Å². The molecule has 5 atom stereocenters. The lowest BCUT2D eigenvalue weighted by Crippen LogP contribution is -2.40. The average Bonchev–Trinajstić information content (AvgIpc) is 3.27. The smallest absolute Gasteiger partial charge is 0.345 e. The van der Waals surface area contributed by atoms with Crippen LogP contribution < -0.4 is 0 Å². The van der Waals surface area contributed by atoms with E-state index in [1.165, 1.54) is 17.8 Å². The van der Waals surface area contributed by atoms with Gasteiger partial charge >= 0.3 is 5.97 Å². The molecule has 1 aromatic heterocycles. The van der Waals surface area contributed by atoms with Crippen molar-refractivity contribution in [2.45, 2.75) is 76.9 Å². The van der Waals surface area contributed by atoms with Crippen molar-refractivity contribution >= 4 is 17.3 Å². The molecule has 6 heteroatoms. The highest BCUT2D eigenvalue weighted by atomic mass is 32.1. The Morgan fingerprint density at radius 3 is 2.77 bits per heavy atom. The number of carbonyl (C=O) groups is 1. The van der Waals surface area contributed by atoms with Gasteiger partial charge in [-0.2, -0.15) is 5.26 Å². The predicted molar refractivity (Wildman–Crippen MR) is 117 cm³/mol. The third-order valence-corrected chi connectivity index (χ3v) is 8.56. The number of hydrogen-bond donors (Lipinski definition) is 3. The molecule has 0 spiro atoms. The molecule has 164 valence electrons. The summed E-state index contributed by atoms with van der Waals surface area (Å²) in [5, 5.41) is 39.8. The van der Waals surface area contributed by atoms with E-state index in [1.54, 1.807) is 6.07 Å². The monoisotopic (exact) mass is 431 g/mol. The van der Waals surface area contributed by atoms with Crippen molar-refractivity contribution in [3.63, 3.8) is 0 Å². The van der Waals surface area contributed by atoms with Gasteiger partial charge in [0.1, 0.15) is 4.88 Å². The molecule has 0 aromatic carbocycles. The SMILES string of the molecule is CCC1(C(O)C/C=C/C2[C@@H](CCCc3ccc(C(=O)O)s3)C(C#N)C[C@H]2O)CCC1. The van der Waals surface area contributed by atoms with Crippen LogP contribution in [-0.2, 0) is 6.42 Å². The highest BCUT2D eigenvalue weighted by Gasteiger charge is 2.42.